The third-order valence-electron chi connectivity index (χ3n) is 1.98. The van der Waals surface area contributed by atoms with E-state index in [0.29, 0.717) is 5.56 Å². The molecule has 0 radical (unpaired) electrons. The second kappa shape index (κ2) is 5.67. The van der Waals surface area contributed by atoms with Gasteiger partial charge in [-0.2, -0.15) is 5.26 Å². The van der Waals surface area contributed by atoms with Crippen LogP contribution in [0.15, 0.2) is 55.4 Å². The van der Waals surface area contributed by atoms with Gasteiger partial charge < -0.3 is 0 Å². The number of nitriles is 1. The van der Waals surface area contributed by atoms with Crippen molar-refractivity contribution < 1.29 is 0 Å². The van der Waals surface area contributed by atoms with Crippen molar-refractivity contribution in [1.82, 2.24) is 4.98 Å². The zero-order valence-corrected chi connectivity index (χ0v) is 12.5. The predicted octanol–water partition coefficient (Wildman–Crippen LogP) is 4.63. The number of nitrogens with zero attached hydrogens (tertiary/aromatic N) is 2. The number of pyridine rings is 1. The molecular formula is C12H6Br2N2S. The van der Waals surface area contributed by atoms with E-state index in [9.17, 15) is 0 Å². The monoisotopic (exact) mass is 368 g/mol. The van der Waals surface area contributed by atoms with Gasteiger partial charge in [0, 0.05) is 20.0 Å². The van der Waals surface area contributed by atoms with Crippen LogP contribution in [0.25, 0.3) is 0 Å². The third kappa shape index (κ3) is 3.32. The Hall–Kier alpha value is -0.830. The maximum Gasteiger partial charge on any atom is 0.101 e. The van der Waals surface area contributed by atoms with Crippen molar-refractivity contribution in [3.8, 4) is 6.07 Å². The van der Waals surface area contributed by atoms with E-state index in [1.165, 1.54) is 0 Å². The molecule has 84 valence electrons. The Morgan fingerprint density at radius 1 is 1.18 bits per heavy atom. The van der Waals surface area contributed by atoms with Gasteiger partial charge in [-0.15, -0.1) is 0 Å². The summed E-state index contributed by atoms with van der Waals surface area (Å²) in [5.41, 5.74) is 0.644. The van der Waals surface area contributed by atoms with Crippen LogP contribution in [-0.2, 0) is 0 Å². The lowest BCUT2D eigenvalue weighted by Gasteiger charge is -2.03. The standard InChI is InChI=1S/C12H6Br2N2S/c13-9-2-4-12(16-7-9)17-11-3-1-8(6-15)5-10(11)14/h1-5,7H. The minimum atomic E-state index is 0.644. The van der Waals surface area contributed by atoms with Gasteiger partial charge in [-0.3, -0.25) is 0 Å². The first kappa shape index (κ1) is 12.6. The zero-order valence-electron chi connectivity index (χ0n) is 8.52. The number of hydrogen-bond donors (Lipinski definition) is 0. The molecule has 0 N–H and O–H groups in total. The zero-order chi connectivity index (χ0) is 12.3. The summed E-state index contributed by atoms with van der Waals surface area (Å²) >= 11 is 8.35. The first-order valence-corrected chi connectivity index (χ1v) is 7.08. The molecule has 0 amide bonds. The highest BCUT2D eigenvalue weighted by molar-refractivity contribution is 9.10. The SMILES string of the molecule is N#Cc1ccc(Sc2ccc(Br)cn2)c(Br)c1. The van der Waals surface area contributed by atoms with Crippen molar-refractivity contribution in [3.05, 3.63) is 51.0 Å². The van der Waals surface area contributed by atoms with Crippen LogP contribution in [0.1, 0.15) is 5.56 Å². The molecule has 1 aromatic heterocycles. The first-order valence-electron chi connectivity index (χ1n) is 4.68. The van der Waals surface area contributed by atoms with Gasteiger partial charge in [0.1, 0.15) is 5.03 Å². The van der Waals surface area contributed by atoms with Gasteiger partial charge in [-0.05, 0) is 62.2 Å². The van der Waals surface area contributed by atoms with Crippen LogP contribution >= 0.6 is 43.6 Å². The molecule has 0 saturated heterocycles. The number of rotatable bonds is 2. The van der Waals surface area contributed by atoms with Gasteiger partial charge in [0.2, 0.25) is 0 Å². The van der Waals surface area contributed by atoms with Crippen LogP contribution in [0.4, 0.5) is 0 Å². The molecule has 0 aliphatic rings. The Morgan fingerprint density at radius 2 is 2.00 bits per heavy atom. The van der Waals surface area contributed by atoms with E-state index in [-0.39, 0.29) is 0 Å². The van der Waals surface area contributed by atoms with Crippen molar-refractivity contribution >= 4 is 43.6 Å². The van der Waals surface area contributed by atoms with E-state index in [1.807, 2.05) is 18.2 Å². The fourth-order valence-electron chi connectivity index (χ4n) is 1.19. The predicted molar refractivity (Wildman–Crippen MR) is 74.9 cm³/mol. The smallest absolute Gasteiger partial charge is 0.101 e. The molecule has 2 rings (SSSR count). The highest BCUT2D eigenvalue weighted by atomic mass is 79.9. The third-order valence-corrected chi connectivity index (χ3v) is 4.39. The van der Waals surface area contributed by atoms with E-state index in [4.69, 9.17) is 5.26 Å². The lowest BCUT2D eigenvalue weighted by Crippen LogP contribution is -1.82. The maximum absolute atomic E-state index is 8.78. The van der Waals surface area contributed by atoms with Crippen LogP contribution in [0.2, 0.25) is 0 Å². The molecule has 0 unspecified atom stereocenters. The summed E-state index contributed by atoms with van der Waals surface area (Å²) in [5, 5.41) is 9.69. The van der Waals surface area contributed by atoms with Crippen LogP contribution in [-0.4, -0.2) is 4.98 Å². The second-order valence-electron chi connectivity index (χ2n) is 3.17. The average molecular weight is 370 g/mol. The molecule has 0 aliphatic carbocycles. The largest absolute Gasteiger partial charge is 0.248 e. The molecule has 0 aliphatic heterocycles. The summed E-state index contributed by atoms with van der Waals surface area (Å²) in [5.74, 6) is 0. The number of benzene rings is 1. The first-order chi connectivity index (χ1) is 8.19. The van der Waals surface area contributed by atoms with E-state index >= 15 is 0 Å². The topological polar surface area (TPSA) is 36.7 Å². The minimum Gasteiger partial charge on any atom is -0.248 e. The van der Waals surface area contributed by atoms with Crippen LogP contribution in [0.5, 0.6) is 0 Å². The second-order valence-corrected chi connectivity index (χ2v) is 6.01. The summed E-state index contributed by atoms with van der Waals surface area (Å²) in [6.07, 6.45) is 1.76. The van der Waals surface area contributed by atoms with Gasteiger partial charge in [-0.25, -0.2) is 4.98 Å². The minimum absolute atomic E-state index is 0.644. The average Bonchev–Trinajstić information content (AvgIpc) is 2.34. The van der Waals surface area contributed by atoms with Gasteiger partial charge in [0.15, 0.2) is 0 Å². The van der Waals surface area contributed by atoms with Crippen molar-refractivity contribution in [1.29, 1.82) is 5.26 Å². The van der Waals surface area contributed by atoms with Crippen molar-refractivity contribution in [2.45, 2.75) is 9.92 Å². The van der Waals surface area contributed by atoms with E-state index in [0.717, 1.165) is 18.9 Å². The summed E-state index contributed by atoms with van der Waals surface area (Å²) in [6, 6.07) is 11.5. The van der Waals surface area contributed by atoms with Crippen LogP contribution in [0, 0.1) is 11.3 Å². The van der Waals surface area contributed by atoms with Crippen molar-refractivity contribution in [3.63, 3.8) is 0 Å². The van der Waals surface area contributed by atoms with Crippen molar-refractivity contribution in [2.24, 2.45) is 0 Å². The number of halogens is 2. The number of aromatic nitrogens is 1. The molecule has 0 saturated carbocycles. The highest BCUT2D eigenvalue weighted by Gasteiger charge is 2.04. The fourth-order valence-corrected chi connectivity index (χ4v) is 2.80. The van der Waals surface area contributed by atoms with E-state index < -0.39 is 0 Å². The molecule has 0 bridgehead atoms. The molecule has 0 spiro atoms. The van der Waals surface area contributed by atoms with Gasteiger partial charge in [-0.1, -0.05) is 11.8 Å². The molecule has 5 heteroatoms. The molecule has 1 heterocycles. The summed E-state index contributed by atoms with van der Waals surface area (Å²) < 4.78 is 1.87. The molecule has 2 aromatic rings. The Morgan fingerprint density at radius 3 is 2.59 bits per heavy atom. The van der Waals surface area contributed by atoms with E-state index in [1.54, 1.807) is 30.1 Å². The Balaban J connectivity index is 2.25. The molecule has 17 heavy (non-hydrogen) atoms. The Kier molecular flexibility index (Phi) is 4.21. The molecule has 0 atom stereocenters. The van der Waals surface area contributed by atoms with E-state index in [2.05, 4.69) is 42.9 Å². The van der Waals surface area contributed by atoms with Crippen LogP contribution < -0.4 is 0 Å². The summed E-state index contributed by atoms with van der Waals surface area (Å²) in [6.45, 7) is 0. The highest BCUT2D eigenvalue weighted by Crippen LogP contribution is 2.33. The Bertz CT molecular complexity index is 576. The fraction of sp³-hybridized carbons (Fsp3) is 0. The molecule has 2 nitrogen and oxygen atoms in total. The van der Waals surface area contributed by atoms with Crippen molar-refractivity contribution in [2.75, 3.05) is 0 Å². The summed E-state index contributed by atoms with van der Waals surface area (Å²) in [7, 11) is 0. The van der Waals surface area contributed by atoms with Crippen LogP contribution in [0.3, 0.4) is 0 Å². The maximum atomic E-state index is 8.78. The number of hydrogen-bond acceptors (Lipinski definition) is 3. The summed E-state index contributed by atoms with van der Waals surface area (Å²) in [4.78, 5) is 5.33. The lowest BCUT2D eigenvalue weighted by molar-refractivity contribution is 1.12. The van der Waals surface area contributed by atoms with Gasteiger partial charge in [0.25, 0.3) is 0 Å². The lowest BCUT2D eigenvalue weighted by atomic mass is 10.2. The van der Waals surface area contributed by atoms with Gasteiger partial charge in [0.05, 0.1) is 11.6 Å². The molecular weight excluding hydrogens is 364 g/mol. The molecule has 0 fully saturated rings. The Labute approximate surface area is 120 Å². The molecule has 1 aromatic carbocycles. The quantitative estimate of drug-likeness (QED) is 0.774. The van der Waals surface area contributed by atoms with Gasteiger partial charge >= 0.3 is 0 Å². The normalized spacial score (nSPS) is 9.94.